The number of hydrogen-bond donors (Lipinski definition) is 2. The second-order valence-corrected chi connectivity index (χ2v) is 4.70. The van der Waals surface area contributed by atoms with Gasteiger partial charge in [0.25, 0.3) is 0 Å². The van der Waals surface area contributed by atoms with Crippen molar-refractivity contribution in [3.63, 3.8) is 0 Å². The molecule has 3 nitrogen and oxygen atoms in total. The Kier molecular flexibility index (Phi) is 5.89. The predicted octanol–water partition coefficient (Wildman–Crippen LogP) is 3.58. The van der Waals surface area contributed by atoms with E-state index in [0.717, 1.165) is 0 Å². The highest BCUT2D eigenvalue weighted by Gasteiger charge is 2.07. The minimum Gasteiger partial charge on any atom is -0.383 e. The van der Waals surface area contributed by atoms with Crippen LogP contribution in [0.25, 0.3) is 0 Å². The van der Waals surface area contributed by atoms with Crippen LogP contribution >= 0.6 is 34.8 Å². The maximum absolute atomic E-state index is 11.0. The molecule has 0 aliphatic rings. The summed E-state index contributed by atoms with van der Waals surface area (Å²) in [6, 6.07) is 3.24. The molecule has 2 N–H and O–H groups in total. The lowest BCUT2D eigenvalue weighted by molar-refractivity contribution is -0.120. The Morgan fingerprint density at radius 2 is 1.82 bits per heavy atom. The second-order valence-electron chi connectivity index (χ2n) is 3.45. The zero-order valence-electron chi connectivity index (χ0n) is 9.32. The first-order chi connectivity index (χ1) is 8.04. The molecule has 1 rings (SSSR count). The van der Waals surface area contributed by atoms with Crippen LogP contribution in [0.3, 0.4) is 0 Å². The number of benzene rings is 1. The minimum absolute atomic E-state index is 0.0140. The van der Waals surface area contributed by atoms with Gasteiger partial charge in [0.15, 0.2) is 0 Å². The molecule has 1 aromatic rings. The maximum Gasteiger partial charge on any atom is 0.219 e. The highest BCUT2D eigenvalue weighted by molar-refractivity contribution is 6.41. The molecule has 0 spiro atoms. The number of amides is 1. The third-order valence-electron chi connectivity index (χ3n) is 2.17. The Labute approximate surface area is 115 Å². The summed E-state index contributed by atoms with van der Waals surface area (Å²) in [6.07, 6.45) is 1.17. The van der Waals surface area contributed by atoms with E-state index in [1.165, 1.54) is 0 Å². The largest absolute Gasteiger partial charge is 0.383 e. The third kappa shape index (κ3) is 4.62. The maximum atomic E-state index is 11.0. The highest BCUT2D eigenvalue weighted by Crippen LogP contribution is 2.33. The average molecular weight is 296 g/mol. The van der Waals surface area contributed by atoms with Crippen molar-refractivity contribution in [2.45, 2.75) is 12.8 Å². The van der Waals surface area contributed by atoms with Crippen molar-refractivity contribution in [2.75, 3.05) is 18.9 Å². The van der Waals surface area contributed by atoms with E-state index in [0.29, 0.717) is 40.1 Å². The monoisotopic (exact) mass is 294 g/mol. The Morgan fingerprint density at radius 3 is 2.35 bits per heavy atom. The van der Waals surface area contributed by atoms with Crippen LogP contribution in [-0.4, -0.2) is 19.5 Å². The molecule has 0 saturated heterocycles. The quantitative estimate of drug-likeness (QED) is 0.815. The minimum atomic E-state index is 0.0140. The average Bonchev–Trinajstić information content (AvgIpc) is 2.26. The molecule has 0 saturated carbocycles. The normalized spacial score (nSPS) is 10.1. The van der Waals surface area contributed by atoms with Crippen LogP contribution in [-0.2, 0) is 4.79 Å². The Hall–Kier alpha value is -0.640. The van der Waals surface area contributed by atoms with E-state index >= 15 is 0 Å². The van der Waals surface area contributed by atoms with E-state index in [1.807, 2.05) is 0 Å². The van der Waals surface area contributed by atoms with Gasteiger partial charge in [0.1, 0.15) is 0 Å². The molecule has 0 heterocycles. The summed E-state index contributed by atoms with van der Waals surface area (Å²) in [6.45, 7) is 0.620. The standard InChI is InChI=1S/C11H13Cl3N2O/c1-15-10(17)3-2-4-16-11-8(13)5-7(12)6-9(11)14/h5-6,16H,2-4H2,1H3,(H,15,17). The van der Waals surface area contributed by atoms with Gasteiger partial charge in [0.2, 0.25) is 5.91 Å². The van der Waals surface area contributed by atoms with Crippen LogP contribution in [0.4, 0.5) is 5.69 Å². The number of anilines is 1. The van der Waals surface area contributed by atoms with Crippen LogP contribution in [0.5, 0.6) is 0 Å². The molecule has 0 aliphatic carbocycles. The van der Waals surface area contributed by atoms with Gasteiger partial charge < -0.3 is 10.6 Å². The van der Waals surface area contributed by atoms with E-state index in [-0.39, 0.29) is 5.91 Å². The second kappa shape index (κ2) is 6.94. The van der Waals surface area contributed by atoms with Gasteiger partial charge in [-0.1, -0.05) is 34.8 Å². The fraction of sp³-hybridized carbons (Fsp3) is 0.364. The molecule has 1 amide bonds. The Morgan fingerprint density at radius 1 is 1.24 bits per heavy atom. The molecule has 94 valence electrons. The van der Waals surface area contributed by atoms with Crippen LogP contribution in [0.2, 0.25) is 15.1 Å². The molecule has 0 bridgehead atoms. The molecule has 0 aromatic heterocycles. The first kappa shape index (κ1) is 14.4. The lowest BCUT2D eigenvalue weighted by Crippen LogP contribution is -2.18. The molecule has 0 atom stereocenters. The number of nitrogens with one attached hydrogen (secondary N) is 2. The summed E-state index contributed by atoms with van der Waals surface area (Å²) in [7, 11) is 1.61. The van der Waals surface area contributed by atoms with Gasteiger partial charge in [-0.2, -0.15) is 0 Å². The van der Waals surface area contributed by atoms with Gasteiger partial charge in [-0.05, 0) is 18.6 Å². The van der Waals surface area contributed by atoms with Crippen molar-refractivity contribution in [3.8, 4) is 0 Å². The zero-order chi connectivity index (χ0) is 12.8. The van der Waals surface area contributed by atoms with Crippen LogP contribution in [0, 0.1) is 0 Å². The fourth-order valence-corrected chi connectivity index (χ4v) is 2.25. The number of hydrogen-bond acceptors (Lipinski definition) is 2. The summed E-state index contributed by atoms with van der Waals surface area (Å²) in [4.78, 5) is 11.0. The van der Waals surface area contributed by atoms with Crippen molar-refractivity contribution in [2.24, 2.45) is 0 Å². The molecular weight excluding hydrogens is 282 g/mol. The van der Waals surface area contributed by atoms with Gasteiger partial charge in [0, 0.05) is 25.0 Å². The van der Waals surface area contributed by atoms with Gasteiger partial charge in [-0.3, -0.25) is 4.79 Å². The fourth-order valence-electron chi connectivity index (χ4n) is 1.30. The summed E-state index contributed by atoms with van der Waals surface area (Å²) in [5.74, 6) is 0.0140. The SMILES string of the molecule is CNC(=O)CCCNc1c(Cl)cc(Cl)cc1Cl. The lowest BCUT2D eigenvalue weighted by atomic mass is 10.2. The van der Waals surface area contributed by atoms with E-state index in [4.69, 9.17) is 34.8 Å². The molecule has 0 fully saturated rings. The van der Waals surface area contributed by atoms with Crippen molar-refractivity contribution in [1.82, 2.24) is 5.32 Å². The van der Waals surface area contributed by atoms with E-state index in [2.05, 4.69) is 10.6 Å². The summed E-state index contributed by atoms with van der Waals surface area (Å²) in [5, 5.41) is 7.09. The van der Waals surface area contributed by atoms with Crippen molar-refractivity contribution in [3.05, 3.63) is 27.2 Å². The van der Waals surface area contributed by atoms with Gasteiger partial charge >= 0.3 is 0 Å². The number of rotatable bonds is 5. The molecule has 0 unspecified atom stereocenters. The van der Waals surface area contributed by atoms with Gasteiger partial charge in [0.05, 0.1) is 15.7 Å². The highest BCUT2D eigenvalue weighted by atomic mass is 35.5. The summed E-state index contributed by atoms with van der Waals surface area (Å²) >= 11 is 17.8. The lowest BCUT2D eigenvalue weighted by Gasteiger charge is -2.10. The topological polar surface area (TPSA) is 41.1 Å². The molecule has 6 heteroatoms. The van der Waals surface area contributed by atoms with Crippen molar-refractivity contribution >= 4 is 46.4 Å². The van der Waals surface area contributed by atoms with Crippen LogP contribution < -0.4 is 10.6 Å². The number of carbonyl (C=O) groups excluding carboxylic acids is 1. The molecule has 0 radical (unpaired) electrons. The van der Waals surface area contributed by atoms with Gasteiger partial charge in [-0.15, -0.1) is 0 Å². The van der Waals surface area contributed by atoms with E-state index < -0.39 is 0 Å². The zero-order valence-corrected chi connectivity index (χ0v) is 11.6. The van der Waals surface area contributed by atoms with Crippen molar-refractivity contribution in [1.29, 1.82) is 0 Å². The Balaban J connectivity index is 2.50. The third-order valence-corrected chi connectivity index (χ3v) is 2.98. The van der Waals surface area contributed by atoms with Crippen LogP contribution in [0.1, 0.15) is 12.8 Å². The van der Waals surface area contributed by atoms with E-state index in [9.17, 15) is 4.79 Å². The van der Waals surface area contributed by atoms with E-state index in [1.54, 1.807) is 19.2 Å². The molecule has 0 aliphatic heterocycles. The molecular formula is C11H13Cl3N2O. The smallest absolute Gasteiger partial charge is 0.219 e. The van der Waals surface area contributed by atoms with Crippen molar-refractivity contribution < 1.29 is 4.79 Å². The number of carbonyl (C=O) groups is 1. The van der Waals surface area contributed by atoms with Crippen LogP contribution in [0.15, 0.2) is 12.1 Å². The predicted molar refractivity (Wildman–Crippen MR) is 73.3 cm³/mol. The molecule has 17 heavy (non-hydrogen) atoms. The number of halogens is 3. The van der Waals surface area contributed by atoms with Gasteiger partial charge in [-0.25, -0.2) is 0 Å². The summed E-state index contributed by atoms with van der Waals surface area (Å²) < 4.78 is 0. The summed E-state index contributed by atoms with van der Waals surface area (Å²) in [5.41, 5.74) is 0.648. The molecule has 1 aromatic carbocycles. The first-order valence-corrected chi connectivity index (χ1v) is 6.27. The Bertz CT molecular complexity index is 387. The first-order valence-electron chi connectivity index (χ1n) is 5.13.